The fourth-order valence-corrected chi connectivity index (χ4v) is 3.31. The fourth-order valence-electron chi connectivity index (χ4n) is 2.98. The maximum Gasteiger partial charge on any atom is 0.0595 e. The lowest BCUT2D eigenvalue weighted by Gasteiger charge is -2.27. The maximum absolute atomic E-state index is 6.05. The van der Waals surface area contributed by atoms with Crippen molar-refractivity contribution in [1.82, 2.24) is 9.80 Å². The molecule has 1 heterocycles. The highest BCUT2D eigenvalue weighted by molar-refractivity contribution is 6.42. The highest BCUT2D eigenvalue weighted by atomic mass is 35.5. The zero-order chi connectivity index (χ0) is 14.5. The molecular formula is C16H24Cl2N2. The minimum Gasteiger partial charge on any atom is -0.304 e. The van der Waals surface area contributed by atoms with Gasteiger partial charge in [-0.05, 0) is 57.1 Å². The van der Waals surface area contributed by atoms with Gasteiger partial charge in [0.15, 0.2) is 0 Å². The van der Waals surface area contributed by atoms with Crippen molar-refractivity contribution in [1.29, 1.82) is 0 Å². The second kappa shape index (κ2) is 7.65. The van der Waals surface area contributed by atoms with Crippen LogP contribution in [-0.2, 0) is 6.42 Å². The minimum absolute atomic E-state index is 0.633. The van der Waals surface area contributed by atoms with E-state index in [0.717, 1.165) is 25.6 Å². The molecule has 1 aliphatic heterocycles. The molecule has 2 rings (SSSR count). The van der Waals surface area contributed by atoms with Gasteiger partial charge in [0.25, 0.3) is 0 Å². The van der Waals surface area contributed by atoms with E-state index in [1.54, 1.807) is 0 Å². The molecule has 0 spiro atoms. The third-order valence-corrected chi connectivity index (χ3v) is 4.93. The predicted octanol–water partition coefficient (Wildman–Crippen LogP) is 3.95. The summed E-state index contributed by atoms with van der Waals surface area (Å²) in [5, 5.41) is 1.29. The topological polar surface area (TPSA) is 6.48 Å². The van der Waals surface area contributed by atoms with E-state index in [0.29, 0.717) is 10.0 Å². The highest BCUT2D eigenvalue weighted by Gasteiger charge is 2.23. The van der Waals surface area contributed by atoms with Gasteiger partial charge in [-0.1, -0.05) is 36.2 Å². The molecule has 1 fully saturated rings. The van der Waals surface area contributed by atoms with Crippen molar-refractivity contribution >= 4 is 23.2 Å². The van der Waals surface area contributed by atoms with Crippen LogP contribution in [0.5, 0.6) is 0 Å². The van der Waals surface area contributed by atoms with Crippen LogP contribution >= 0.6 is 23.2 Å². The average molecular weight is 315 g/mol. The molecule has 112 valence electrons. The SMILES string of the molecule is CCN1CCCC1CN(C)CCc1ccc(Cl)c(Cl)c1. The predicted molar refractivity (Wildman–Crippen MR) is 87.9 cm³/mol. The van der Waals surface area contributed by atoms with E-state index in [9.17, 15) is 0 Å². The molecular weight excluding hydrogens is 291 g/mol. The van der Waals surface area contributed by atoms with Crippen LogP contribution in [0.1, 0.15) is 25.3 Å². The van der Waals surface area contributed by atoms with E-state index in [1.165, 1.54) is 31.5 Å². The summed E-state index contributed by atoms with van der Waals surface area (Å²) in [7, 11) is 2.21. The Morgan fingerprint density at radius 3 is 2.80 bits per heavy atom. The molecule has 1 unspecified atom stereocenters. The number of likely N-dealkylation sites (N-methyl/N-ethyl adjacent to an activating group) is 2. The normalized spacial score (nSPS) is 19.9. The summed E-state index contributed by atoms with van der Waals surface area (Å²) in [4.78, 5) is 5.02. The van der Waals surface area contributed by atoms with Crippen LogP contribution < -0.4 is 0 Å². The Morgan fingerprint density at radius 2 is 2.10 bits per heavy atom. The van der Waals surface area contributed by atoms with Crippen molar-refractivity contribution in [2.75, 3.05) is 33.2 Å². The number of hydrogen-bond donors (Lipinski definition) is 0. The Balaban J connectivity index is 1.79. The van der Waals surface area contributed by atoms with Crippen molar-refractivity contribution in [3.63, 3.8) is 0 Å². The van der Waals surface area contributed by atoms with Crippen LogP contribution in [0.4, 0.5) is 0 Å². The third kappa shape index (κ3) is 4.36. The molecule has 1 saturated heterocycles. The summed E-state index contributed by atoms with van der Waals surface area (Å²) in [6.45, 7) is 6.92. The average Bonchev–Trinajstić information content (AvgIpc) is 2.87. The first-order valence-corrected chi connectivity index (χ1v) is 8.22. The highest BCUT2D eigenvalue weighted by Crippen LogP contribution is 2.23. The van der Waals surface area contributed by atoms with Gasteiger partial charge in [0, 0.05) is 19.1 Å². The molecule has 0 bridgehead atoms. The van der Waals surface area contributed by atoms with E-state index < -0.39 is 0 Å². The quantitative estimate of drug-likeness (QED) is 0.784. The second-order valence-corrected chi connectivity index (χ2v) is 6.50. The molecule has 1 aliphatic rings. The summed E-state index contributed by atoms with van der Waals surface area (Å²) >= 11 is 12.0. The molecule has 1 aromatic carbocycles. The van der Waals surface area contributed by atoms with Gasteiger partial charge >= 0.3 is 0 Å². The molecule has 0 saturated carbocycles. The number of nitrogens with zero attached hydrogens (tertiary/aromatic N) is 2. The van der Waals surface area contributed by atoms with Crippen molar-refractivity contribution in [2.45, 2.75) is 32.2 Å². The van der Waals surface area contributed by atoms with Crippen molar-refractivity contribution in [3.8, 4) is 0 Å². The first-order chi connectivity index (χ1) is 9.60. The minimum atomic E-state index is 0.633. The Kier molecular flexibility index (Phi) is 6.16. The van der Waals surface area contributed by atoms with Gasteiger partial charge in [-0.25, -0.2) is 0 Å². The summed E-state index contributed by atoms with van der Waals surface area (Å²) in [5.74, 6) is 0. The molecule has 20 heavy (non-hydrogen) atoms. The standard InChI is InChI=1S/C16H24Cl2N2/c1-3-20-9-4-5-14(20)12-19(2)10-8-13-6-7-15(17)16(18)11-13/h6-7,11,14H,3-5,8-10,12H2,1-2H3. The maximum atomic E-state index is 6.05. The van der Waals surface area contributed by atoms with Gasteiger partial charge in [0.05, 0.1) is 10.0 Å². The van der Waals surface area contributed by atoms with Gasteiger partial charge in [-0.2, -0.15) is 0 Å². The second-order valence-electron chi connectivity index (χ2n) is 5.69. The van der Waals surface area contributed by atoms with E-state index >= 15 is 0 Å². The molecule has 0 aromatic heterocycles. The summed E-state index contributed by atoms with van der Waals surface area (Å²) in [5.41, 5.74) is 1.25. The number of likely N-dealkylation sites (tertiary alicyclic amines) is 1. The zero-order valence-corrected chi connectivity index (χ0v) is 13.9. The zero-order valence-electron chi connectivity index (χ0n) is 12.4. The Labute approximate surface area is 132 Å². The number of benzene rings is 1. The van der Waals surface area contributed by atoms with Gasteiger partial charge in [0.2, 0.25) is 0 Å². The lowest BCUT2D eigenvalue weighted by molar-refractivity contribution is 0.200. The number of halogens is 2. The molecule has 2 nitrogen and oxygen atoms in total. The van der Waals surface area contributed by atoms with Crippen LogP contribution in [0.3, 0.4) is 0 Å². The van der Waals surface area contributed by atoms with Crippen molar-refractivity contribution < 1.29 is 0 Å². The first kappa shape index (κ1) is 16.1. The van der Waals surface area contributed by atoms with E-state index in [2.05, 4.69) is 29.8 Å². The monoisotopic (exact) mass is 314 g/mol. The number of rotatable bonds is 6. The van der Waals surface area contributed by atoms with Gasteiger partial charge in [-0.3, -0.25) is 4.90 Å². The summed E-state index contributed by atoms with van der Waals surface area (Å²) in [6, 6.07) is 6.66. The molecule has 1 aromatic rings. The lowest BCUT2D eigenvalue weighted by Crippen LogP contribution is -2.39. The molecule has 0 amide bonds. The van der Waals surface area contributed by atoms with E-state index in [-0.39, 0.29) is 0 Å². The molecule has 0 radical (unpaired) electrons. The van der Waals surface area contributed by atoms with E-state index in [4.69, 9.17) is 23.2 Å². The first-order valence-electron chi connectivity index (χ1n) is 7.46. The molecule has 0 aliphatic carbocycles. The smallest absolute Gasteiger partial charge is 0.0595 e. The summed E-state index contributed by atoms with van der Waals surface area (Å²) in [6.07, 6.45) is 3.70. The summed E-state index contributed by atoms with van der Waals surface area (Å²) < 4.78 is 0. The lowest BCUT2D eigenvalue weighted by atomic mass is 10.1. The van der Waals surface area contributed by atoms with Crippen LogP contribution in [0.25, 0.3) is 0 Å². The Hall–Kier alpha value is -0.280. The third-order valence-electron chi connectivity index (χ3n) is 4.19. The van der Waals surface area contributed by atoms with Crippen LogP contribution in [0.2, 0.25) is 10.0 Å². The van der Waals surface area contributed by atoms with Gasteiger partial charge in [0.1, 0.15) is 0 Å². The molecule has 4 heteroatoms. The van der Waals surface area contributed by atoms with Crippen molar-refractivity contribution in [2.24, 2.45) is 0 Å². The van der Waals surface area contributed by atoms with E-state index in [1.807, 2.05) is 12.1 Å². The fraction of sp³-hybridized carbons (Fsp3) is 0.625. The largest absolute Gasteiger partial charge is 0.304 e. The van der Waals surface area contributed by atoms with Crippen LogP contribution in [-0.4, -0.2) is 49.1 Å². The van der Waals surface area contributed by atoms with Gasteiger partial charge < -0.3 is 4.90 Å². The van der Waals surface area contributed by atoms with Gasteiger partial charge in [-0.15, -0.1) is 0 Å². The number of hydrogen-bond acceptors (Lipinski definition) is 2. The Bertz CT molecular complexity index is 436. The van der Waals surface area contributed by atoms with Crippen molar-refractivity contribution in [3.05, 3.63) is 33.8 Å². The molecule has 0 N–H and O–H groups in total. The Morgan fingerprint density at radius 1 is 1.30 bits per heavy atom. The van der Waals surface area contributed by atoms with Crippen LogP contribution in [0, 0.1) is 0 Å². The molecule has 1 atom stereocenters. The van der Waals surface area contributed by atoms with Crippen LogP contribution in [0.15, 0.2) is 18.2 Å².